The molecule has 1 unspecified atom stereocenters. The molecule has 3 heterocycles. The second-order valence-corrected chi connectivity index (χ2v) is 15.2. The van der Waals surface area contributed by atoms with Crippen LogP contribution in [0.4, 0.5) is 0 Å². The van der Waals surface area contributed by atoms with Crippen LogP contribution in [-0.2, 0) is 21.5 Å². The van der Waals surface area contributed by atoms with Crippen molar-refractivity contribution in [3.05, 3.63) is 81.6 Å². The normalized spacial score (nSPS) is 18.0. The lowest BCUT2D eigenvalue weighted by molar-refractivity contribution is -0.143. The van der Waals surface area contributed by atoms with E-state index in [0.717, 1.165) is 68.3 Å². The fourth-order valence-corrected chi connectivity index (χ4v) is 8.48. The number of hydrogen-bond acceptors (Lipinski definition) is 9. The molecule has 3 aromatic carbocycles. The van der Waals surface area contributed by atoms with E-state index in [1.165, 1.54) is 21.3 Å². The lowest BCUT2D eigenvalue weighted by Gasteiger charge is -2.45. The molecule has 2 aliphatic rings. The third-order valence-electron chi connectivity index (χ3n) is 11.1. The van der Waals surface area contributed by atoms with Gasteiger partial charge in [-0.05, 0) is 107 Å². The zero-order valence-electron chi connectivity index (χ0n) is 32.1. The van der Waals surface area contributed by atoms with Gasteiger partial charge in [-0.3, -0.25) is 14.4 Å². The van der Waals surface area contributed by atoms with Crippen molar-refractivity contribution in [2.24, 2.45) is 5.92 Å². The first-order chi connectivity index (χ1) is 26.6. The summed E-state index contributed by atoms with van der Waals surface area (Å²) in [6, 6.07) is 17.0. The number of carbonyl (C=O) groups is 3. The summed E-state index contributed by atoms with van der Waals surface area (Å²) in [5.41, 5.74) is 2.81. The van der Waals surface area contributed by atoms with E-state index in [2.05, 4.69) is 4.90 Å². The maximum absolute atomic E-state index is 14.2. The summed E-state index contributed by atoms with van der Waals surface area (Å²) < 4.78 is 23.7. The van der Waals surface area contributed by atoms with Gasteiger partial charge in [-0.15, -0.1) is 0 Å². The minimum atomic E-state index is -0.371. The monoisotopic (exact) mass is 792 g/mol. The van der Waals surface area contributed by atoms with Gasteiger partial charge in [-0.2, -0.15) is 0 Å². The summed E-state index contributed by atoms with van der Waals surface area (Å²) in [6.45, 7) is 6.09. The van der Waals surface area contributed by atoms with Gasteiger partial charge in [0, 0.05) is 43.0 Å². The van der Waals surface area contributed by atoms with Gasteiger partial charge in [-0.1, -0.05) is 41.4 Å². The number of benzene rings is 3. The first kappa shape index (κ1) is 40.3. The van der Waals surface area contributed by atoms with Crippen LogP contribution in [0.15, 0.2) is 54.6 Å². The molecular weight excluding hydrogens is 743 g/mol. The summed E-state index contributed by atoms with van der Waals surface area (Å²) in [6.07, 6.45) is 4.77. The molecule has 0 saturated carbocycles. The number of methoxy groups -OCH3 is 3. The van der Waals surface area contributed by atoms with Crippen LogP contribution >= 0.6 is 23.2 Å². The number of fused-ring (bicyclic) bond motifs is 1. The number of hydrogen-bond donors (Lipinski definition) is 0. The minimum absolute atomic E-state index is 0.0486. The van der Waals surface area contributed by atoms with Crippen molar-refractivity contribution in [3.63, 3.8) is 0 Å². The number of likely N-dealkylation sites (tertiary alicyclic amines) is 2. The Balaban J connectivity index is 1.16. The first-order valence-electron chi connectivity index (χ1n) is 19.0. The maximum atomic E-state index is 14.2. The van der Waals surface area contributed by atoms with E-state index in [9.17, 15) is 14.4 Å². The number of aryl methyl sites for hydroxylation is 1. The van der Waals surface area contributed by atoms with Gasteiger partial charge in [0.2, 0.25) is 11.5 Å². The number of esters is 1. The van der Waals surface area contributed by atoms with Gasteiger partial charge in [-0.25, -0.2) is 4.98 Å². The average Bonchev–Trinajstić information content (AvgIpc) is 3.58. The van der Waals surface area contributed by atoms with E-state index in [1.807, 2.05) is 51.9 Å². The number of ether oxygens (including phenoxy) is 4. The van der Waals surface area contributed by atoms with Crippen molar-refractivity contribution in [3.8, 4) is 17.2 Å². The molecule has 4 aromatic rings. The van der Waals surface area contributed by atoms with Crippen LogP contribution < -0.4 is 14.2 Å². The number of nitrogens with zero attached hydrogens (tertiary/aromatic N) is 4. The molecule has 2 saturated heterocycles. The summed E-state index contributed by atoms with van der Waals surface area (Å²) in [4.78, 5) is 49.3. The Morgan fingerprint density at radius 2 is 1.62 bits per heavy atom. The molecule has 6 rings (SSSR count). The predicted octanol–water partition coefficient (Wildman–Crippen LogP) is 7.87. The number of rotatable bonds is 15. The lowest BCUT2D eigenvalue weighted by Crippen LogP contribution is -2.50. The zero-order chi connectivity index (χ0) is 39.1. The second-order valence-electron chi connectivity index (χ2n) is 14.4. The summed E-state index contributed by atoms with van der Waals surface area (Å²) >= 11 is 13.0. The molecule has 0 radical (unpaired) electrons. The number of Topliss-reactive ketones (excluding diaryl/α,β-unsaturated/α-hetero) is 1. The highest BCUT2D eigenvalue weighted by Gasteiger charge is 2.40. The Hall–Kier alpha value is -4.32. The van der Waals surface area contributed by atoms with Gasteiger partial charge in [0.25, 0.3) is 5.91 Å². The number of para-hydroxylation sites is 2. The number of carbonyl (C=O) groups excluding carboxylic acids is 3. The molecule has 1 atom stereocenters. The topological polar surface area (TPSA) is 112 Å². The predicted molar refractivity (Wildman–Crippen MR) is 213 cm³/mol. The largest absolute Gasteiger partial charge is 0.493 e. The fourth-order valence-electron chi connectivity index (χ4n) is 8.18. The number of piperidine rings is 2. The van der Waals surface area contributed by atoms with Crippen LogP contribution in [0.3, 0.4) is 0 Å². The van der Waals surface area contributed by atoms with Crippen LogP contribution in [0.5, 0.6) is 17.2 Å². The van der Waals surface area contributed by atoms with Gasteiger partial charge >= 0.3 is 5.97 Å². The Kier molecular flexibility index (Phi) is 13.3. The quantitative estimate of drug-likeness (QED) is 0.0877. The van der Waals surface area contributed by atoms with Gasteiger partial charge in [0.15, 0.2) is 17.3 Å². The molecule has 2 aliphatic heterocycles. The molecule has 0 spiro atoms. The van der Waals surface area contributed by atoms with E-state index >= 15 is 0 Å². The number of amides is 1. The fraction of sp³-hybridized carbons (Fsp3) is 0.476. The Morgan fingerprint density at radius 1 is 0.891 bits per heavy atom. The molecule has 55 heavy (non-hydrogen) atoms. The van der Waals surface area contributed by atoms with E-state index in [0.29, 0.717) is 71.3 Å². The third-order valence-corrected chi connectivity index (χ3v) is 11.9. The van der Waals surface area contributed by atoms with Gasteiger partial charge in [0.05, 0.1) is 49.0 Å². The Labute approximate surface area is 332 Å². The number of ketones is 1. The third kappa shape index (κ3) is 8.90. The molecule has 2 fully saturated rings. The van der Waals surface area contributed by atoms with E-state index in [4.69, 9.17) is 47.1 Å². The molecule has 1 aromatic heterocycles. The molecule has 13 heteroatoms. The number of aromatic nitrogens is 2. The standard InChI is InChI=1S/C42H50Cl2N4O7/c1-5-55-37(49)12-8-20-48-34-11-7-6-10-33(34)45-40(48)38(50)28-15-21-46(22-16-28)23-18-42(30-13-14-31(43)32(44)26-30)17-9-19-47(27-42)41(51)29-24-35(52-2)39(54-4)36(25-29)53-3/h6-7,10-11,13-14,24-26,28H,5,8-9,12,15-23,27H2,1-4H3. The summed E-state index contributed by atoms with van der Waals surface area (Å²) in [5.74, 6) is 1.28. The van der Waals surface area contributed by atoms with Crippen molar-refractivity contribution >= 4 is 51.9 Å². The smallest absolute Gasteiger partial charge is 0.305 e. The summed E-state index contributed by atoms with van der Waals surface area (Å²) in [7, 11) is 4.61. The van der Waals surface area contributed by atoms with Gasteiger partial charge < -0.3 is 33.3 Å². The van der Waals surface area contributed by atoms with Crippen molar-refractivity contribution < 1.29 is 33.3 Å². The highest BCUT2D eigenvalue weighted by atomic mass is 35.5. The summed E-state index contributed by atoms with van der Waals surface area (Å²) in [5, 5.41) is 0.971. The van der Waals surface area contributed by atoms with Crippen molar-refractivity contribution in [1.82, 2.24) is 19.4 Å². The second kappa shape index (κ2) is 18.1. The Bertz CT molecular complexity index is 1990. The molecule has 11 nitrogen and oxygen atoms in total. The average molecular weight is 794 g/mol. The number of halogens is 2. The minimum Gasteiger partial charge on any atom is -0.493 e. The van der Waals surface area contributed by atoms with E-state index in [-0.39, 0.29) is 35.4 Å². The zero-order valence-corrected chi connectivity index (χ0v) is 33.6. The van der Waals surface area contributed by atoms with Crippen molar-refractivity contribution in [2.75, 3.05) is 60.7 Å². The van der Waals surface area contributed by atoms with E-state index in [1.54, 1.807) is 19.1 Å². The molecule has 0 N–H and O–H groups in total. The highest BCUT2D eigenvalue weighted by Crippen LogP contribution is 2.42. The van der Waals surface area contributed by atoms with Crippen LogP contribution in [0.25, 0.3) is 11.0 Å². The van der Waals surface area contributed by atoms with Crippen LogP contribution in [-0.4, -0.2) is 97.7 Å². The van der Waals surface area contributed by atoms with Crippen LogP contribution in [0.2, 0.25) is 10.0 Å². The van der Waals surface area contributed by atoms with E-state index < -0.39 is 0 Å². The Morgan fingerprint density at radius 3 is 2.29 bits per heavy atom. The lowest BCUT2D eigenvalue weighted by atomic mass is 9.71. The molecular formula is C42H50Cl2N4O7. The van der Waals surface area contributed by atoms with Gasteiger partial charge in [0.1, 0.15) is 0 Å². The first-order valence-corrected chi connectivity index (χ1v) is 19.8. The number of imidazole rings is 1. The highest BCUT2D eigenvalue weighted by molar-refractivity contribution is 6.42. The van der Waals surface area contributed by atoms with Crippen molar-refractivity contribution in [2.45, 2.75) is 63.8 Å². The van der Waals surface area contributed by atoms with Crippen molar-refractivity contribution in [1.29, 1.82) is 0 Å². The molecule has 1 amide bonds. The maximum Gasteiger partial charge on any atom is 0.305 e. The molecule has 294 valence electrons. The van der Waals surface area contributed by atoms with Crippen LogP contribution in [0.1, 0.15) is 78.4 Å². The SMILES string of the molecule is CCOC(=O)CCCn1c(C(=O)C2CCN(CCC3(c4ccc(Cl)c(Cl)c4)CCCN(C(=O)c4cc(OC)c(OC)c(OC)c4)C3)CC2)nc2ccccc21. The molecule has 0 aliphatic carbocycles. The molecule has 0 bridgehead atoms. The van der Waals surface area contributed by atoms with Crippen LogP contribution in [0, 0.1) is 5.92 Å².